The van der Waals surface area contributed by atoms with Gasteiger partial charge in [-0.3, -0.25) is 9.59 Å². The number of anilines is 2. The number of primary amides is 1. The minimum Gasteiger partial charge on any atom is -0.493 e. The number of nitrogens with one attached hydrogen (secondary N) is 1. The predicted molar refractivity (Wildman–Crippen MR) is 131 cm³/mol. The minimum atomic E-state index is -4.88. The zero-order valence-electron chi connectivity index (χ0n) is 21.4. The van der Waals surface area contributed by atoms with Gasteiger partial charge in [-0.2, -0.15) is 17.6 Å². The van der Waals surface area contributed by atoms with Crippen LogP contribution in [0.25, 0.3) is 0 Å². The Balaban J connectivity index is 1.70. The molecule has 0 aliphatic carbocycles. The number of methoxy groups -OCH3 is 1. The second-order valence-corrected chi connectivity index (χ2v) is 9.80. The average Bonchev–Trinajstić information content (AvgIpc) is 3.25. The number of likely N-dealkylation sites (N-methyl/N-ethyl adjacent to an activating group) is 1. The van der Waals surface area contributed by atoms with Gasteiger partial charge in [0.1, 0.15) is 17.6 Å². The second kappa shape index (κ2) is 10.6. The third-order valence-electron chi connectivity index (χ3n) is 7.06. The largest absolute Gasteiger partial charge is 0.493 e. The molecule has 3 N–H and O–H groups in total. The van der Waals surface area contributed by atoms with Crippen LogP contribution < -0.4 is 20.7 Å². The summed E-state index contributed by atoms with van der Waals surface area (Å²) >= 11 is 0. The van der Waals surface area contributed by atoms with Gasteiger partial charge < -0.3 is 30.3 Å². The van der Waals surface area contributed by atoms with Gasteiger partial charge in [0, 0.05) is 49.4 Å². The van der Waals surface area contributed by atoms with E-state index < -0.39 is 59.4 Å². The number of piperazine rings is 1. The molecular weight excluding hydrogens is 529 g/mol. The summed E-state index contributed by atoms with van der Waals surface area (Å²) in [7, 11) is 2.99. The number of benzene rings is 1. The molecule has 212 valence electrons. The molecular formula is C25H28F5N5O4. The van der Waals surface area contributed by atoms with Gasteiger partial charge in [-0.25, -0.2) is 9.37 Å². The summed E-state index contributed by atoms with van der Waals surface area (Å²) in [6.45, 7) is 3.37. The Morgan fingerprint density at radius 3 is 2.44 bits per heavy atom. The highest BCUT2D eigenvalue weighted by atomic mass is 19.4. The number of halogens is 5. The van der Waals surface area contributed by atoms with Gasteiger partial charge >= 0.3 is 6.18 Å². The van der Waals surface area contributed by atoms with Crippen LogP contribution in [0.15, 0.2) is 24.3 Å². The highest BCUT2D eigenvalue weighted by Crippen LogP contribution is 2.51. The van der Waals surface area contributed by atoms with Crippen LogP contribution in [0.3, 0.4) is 0 Å². The molecule has 0 radical (unpaired) electrons. The van der Waals surface area contributed by atoms with Gasteiger partial charge in [0.15, 0.2) is 17.2 Å². The molecule has 0 spiro atoms. The van der Waals surface area contributed by atoms with Crippen molar-refractivity contribution >= 4 is 23.3 Å². The van der Waals surface area contributed by atoms with Crippen molar-refractivity contribution in [1.82, 2.24) is 9.88 Å². The number of pyridine rings is 1. The van der Waals surface area contributed by atoms with E-state index in [0.29, 0.717) is 32.0 Å². The van der Waals surface area contributed by atoms with Gasteiger partial charge in [0.25, 0.3) is 11.8 Å². The Labute approximate surface area is 221 Å². The Morgan fingerprint density at radius 1 is 1.18 bits per heavy atom. The van der Waals surface area contributed by atoms with Crippen LogP contribution >= 0.6 is 0 Å². The summed E-state index contributed by atoms with van der Waals surface area (Å²) in [6.07, 6.45) is -7.41. The molecule has 2 aliphatic heterocycles. The van der Waals surface area contributed by atoms with E-state index in [1.807, 2.05) is 11.9 Å². The number of carbonyl (C=O) groups is 2. The number of aromatic nitrogens is 1. The average molecular weight is 558 g/mol. The molecule has 1 aromatic heterocycles. The van der Waals surface area contributed by atoms with Gasteiger partial charge in [0.05, 0.1) is 7.11 Å². The number of hydrogen-bond acceptors (Lipinski definition) is 7. The SMILES string of the molecule is COc1c([C@@H]2C[C@](C)(C(F)(F)F)O[C@H]2C(=O)Nc2cc(C(N)=O)nc(N3CCN(C)CC3)c2)ccc(F)c1F. The van der Waals surface area contributed by atoms with Crippen LogP contribution in [0.4, 0.5) is 33.5 Å². The smallest absolute Gasteiger partial charge is 0.417 e. The highest BCUT2D eigenvalue weighted by molar-refractivity contribution is 5.98. The Hall–Kier alpha value is -3.52. The standard InChI is InChI=1S/C25H28F5N5O4/c1-24(25(28,29)30)12-15(14-4-5-16(26)19(27)20(14)38-3)21(39-24)23(37)32-13-10-17(22(31)36)33-18(11-13)35-8-6-34(2)7-9-35/h4-5,10-11,15,21H,6-9,12H2,1-3H3,(H2,31,36)(H,32,33,37)/t15-,21+,24+/m0/s1. The van der Waals surface area contributed by atoms with Crippen LogP contribution in [0.2, 0.25) is 0 Å². The molecule has 0 saturated carbocycles. The number of rotatable bonds is 6. The van der Waals surface area contributed by atoms with Gasteiger partial charge in [-0.05, 0) is 32.5 Å². The fourth-order valence-electron chi connectivity index (χ4n) is 4.80. The molecule has 2 saturated heterocycles. The first-order valence-electron chi connectivity index (χ1n) is 12.1. The molecule has 3 atom stereocenters. The third-order valence-corrected chi connectivity index (χ3v) is 7.06. The van der Waals surface area contributed by atoms with Crippen molar-refractivity contribution in [2.24, 2.45) is 5.73 Å². The molecule has 39 heavy (non-hydrogen) atoms. The molecule has 0 bridgehead atoms. The molecule has 2 aliphatic rings. The van der Waals surface area contributed by atoms with E-state index in [1.54, 1.807) is 0 Å². The number of ether oxygens (including phenoxy) is 2. The minimum absolute atomic E-state index is 0.0536. The normalized spacial score (nSPS) is 24.1. The first-order valence-corrected chi connectivity index (χ1v) is 12.1. The van der Waals surface area contributed by atoms with Gasteiger partial charge in [-0.1, -0.05) is 6.07 Å². The lowest BCUT2D eigenvalue weighted by molar-refractivity contribution is -0.261. The Kier molecular flexibility index (Phi) is 7.72. The fraction of sp³-hybridized carbons (Fsp3) is 0.480. The lowest BCUT2D eigenvalue weighted by Gasteiger charge is -2.33. The summed E-state index contributed by atoms with van der Waals surface area (Å²) < 4.78 is 80.4. The van der Waals surface area contributed by atoms with Crippen molar-refractivity contribution in [3.05, 3.63) is 47.2 Å². The molecule has 3 heterocycles. The fourth-order valence-corrected chi connectivity index (χ4v) is 4.80. The summed E-state index contributed by atoms with van der Waals surface area (Å²) in [5.74, 6) is -6.14. The van der Waals surface area contributed by atoms with Crippen molar-refractivity contribution in [2.45, 2.75) is 37.1 Å². The monoisotopic (exact) mass is 557 g/mol. The van der Waals surface area contributed by atoms with E-state index in [2.05, 4.69) is 15.2 Å². The van der Waals surface area contributed by atoms with Crippen molar-refractivity contribution in [3.8, 4) is 5.75 Å². The number of carbonyl (C=O) groups excluding carboxylic acids is 2. The zero-order valence-corrected chi connectivity index (χ0v) is 21.4. The Bertz CT molecular complexity index is 1270. The highest BCUT2D eigenvalue weighted by Gasteiger charge is 2.61. The molecule has 4 rings (SSSR count). The predicted octanol–water partition coefficient (Wildman–Crippen LogP) is 3.05. The maximum absolute atomic E-state index is 14.5. The van der Waals surface area contributed by atoms with Crippen molar-refractivity contribution in [2.75, 3.05) is 50.6 Å². The summed E-state index contributed by atoms with van der Waals surface area (Å²) in [5.41, 5.74) is 2.40. The van der Waals surface area contributed by atoms with E-state index in [1.165, 1.54) is 12.1 Å². The summed E-state index contributed by atoms with van der Waals surface area (Å²) in [5, 5.41) is 2.50. The van der Waals surface area contributed by atoms with Crippen LogP contribution in [-0.2, 0) is 9.53 Å². The number of nitrogens with two attached hydrogens (primary N) is 1. The molecule has 2 fully saturated rings. The number of nitrogens with zero attached hydrogens (tertiary/aromatic N) is 3. The number of amides is 2. The lowest BCUT2D eigenvalue weighted by atomic mass is 9.85. The lowest BCUT2D eigenvalue weighted by Crippen LogP contribution is -2.45. The number of hydrogen-bond donors (Lipinski definition) is 2. The molecule has 2 amide bonds. The van der Waals surface area contributed by atoms with Crippen LogP contribution in [-0.4, -0.2) is 79.9 Å². The summed E-state index contributed by atoms with van der Waals surface area (Å²) in [4.78, 5) is 33.6. The zero-order chi connectivity index (χ0) is 28.7. The summed E-state index contributed by atoms with van der Waals surface area (Å²) in [6, 6.07) is 4.48. The maximum atomic E-state index is 14.5. The van der Waals surface area contributed by atoms with Crippen LogP contribution in [0.1, 0.15) is 35.3 Å². The molecule has 2 aromatic rings. The van der Waals surface area contributed by atoms with Crippen molar-refractivity contribution in [3.63, 3.8) is 0 Å². The Morgan fingerprint density at radius 2 is 1.85 bits per heavy atom. The van der Waals surface area contributed by atoms with E-state index in [0.717, 1.165) is 26.2 Å². The first kappa shape index (κ1) is 28.5. The van der Waals surface area contributed by atoms with Gasteiger partial charge in [0.2, 0.25) is 5.82 Å². The topological polar surface area (TPSA) is 110 Å². The quantitative estimate of drug-likeness (QED) is 0.526. The van der Waals surface area contributed by atoms with Crippen LogP contribution in [0, 0.1) is 11.6 Å². The van der Waals surface area contributed by atoms with E-state index >= 15 is 0 Å². The molecule has 0 unspecified atom stereocenters. The first-order chi connectivity index (χ1) is 18.2. The van der Waals surface area contributed by atoms with Crippen molar-refractivity contribution in [1.29, 1.82) is 0 Å². The van der Waals surface area contributed by atoms with E-state index in [-0.39, 0.29) is 16.9 Å². The van der Waals surface area contributed by atoms with Crippen LogP contribution in [0.5, 0.6) is 5.75 Å². The third kappa shape index (κ3) is 5.62. The number of alkyl halides is 3. The second-order valence-electron chi connectivity index (χ2n) is 9.80. The van der Waals surface area contributed by atoms with Crippen molar-refractivity contribution < 1.29 is 41.0 Å². The molecule has 14 heteroatoms. The van der Waals surface area contributed by atoms with E-state index in [9.17, 15) is 31.5 Å². The molecule has 9 nitrogen and oxygen atoms in total. The van der Waals surface area contributed by atoms with E-state index in [4.69, 9.17) is 15.2 Å². The maximum Gasteiger partial charge on any atom is 0.417 e. The molecule has 1 aromatic carbocycles. The van der Waals surface area contributed by atoms with Gasteiger partial charge in [-0.15, -0.1) is 0 Å².